The fourth-order valence-corrected chi connectivity index (χ4v) is 2.42. The van der Waals surface area contributed by atoms with Crippen molar-refractivity contribution in [2.45, 2.75) is 33.2 Å². The van der Waals surface area contributed by atoms with E-state index in [0.717, 1.165) is 34.3 Å². The van der Waals surface area contributed by atoms with Crippen LogP contribution in [0.5, 0.6) is 0 Å². The van der Waals surface area contributed by atoms with Crippen LogP contribution >= 0.6 is 11.6 Å². The number of hydrogen-bond acceptors (Lipinski definition) is 4. The zero-order valence-corrected chi connectivity index (χ0v) is 13.1. The third kappa shape index (κ3) is 3.16. The summed E-state index contributed by atoms with van der Waals surface area (Å²) in [6.07, 6.45) is 4.39. The molecule has 2 heterocycles. The lowest BCUT2D eigenvalue weighted by molar-refractivity contribution is 0.504. The van der Waals surface area contributed by atoms with Crippen LogP contribution in [0.2, 0.25) is 5.02 Å². The third-order valence-electron chi connectivity index (χ3n) is 3.22. The van der Waals surface area contributed by atoms with Crippen LogP contribution in [0, 0.1) is 13.8 Å². The molecule has 5 nitrogen and oxygen atoms in total. The van der Waals surface area contributed by atoms with Crippen LogP contribution in [0.25, 0.3) is 0 Å². The molecule has 0 amide bonds. The predicted octanol–water partition coefficient (Wildman–Crippen LogP) is 2.37. The minimum absolute atomic E-state index is 0.0351. The highest BCUT2D eigenvalue weighted by Crippen LogP contribution is 2.24. The summed E-state index contributed by atoms with van der Waals surface area (Å²) >= 11 is 6.32. The van der Waals surface area contributed by atoms with Crippen LogP contribution in [0.4, 0.5) is 0 Å². The molecule has 6 heteroatoms. The second-order valence-corrected chi connectivity index (χ2v) is 5.28. The Balaban J connectivity index is 2.27. The van der Waals surface area contributed by atoms with Crippen molar-refractivity contribution >= 4 is 11.6 Å². The maximum atomic E-state index is 6.32. The number of likely N-dealkylation sites (N-methyl/N-ethyl adjacent to an activating group) is 1. The molecule has 2 aromatic heterocycles. The standard InChI is InChI=1S/C14H20ClN5/c1-5-16-11(14-17-7-9(2)8-18-14)6-12-13(15)10(3)19-20(12)4/h7-8,11,16H,5-6H2,1-4H3. The molecule has 0 aliphatic heterocycles. The number of hydrogen-bond donors (Lipinski definition) is 1. The molecular weight excluding hydrogens is 274 g/mol. The monoisotopic (exact) mass is 293 g/mol. The number of halogens is 1. The van der Waals surface area contributed by atoms with E-state index in [4.69, 9.17) is 11.6 Å². The first kappa shape index (κ1) is 14.9. The number of aryl methyl sites for hydroxylation is 3. The average Bonchev–Trinajstić information content (AvgIpc) is 2.65. The van der Waals surface area contributed by atoms with Gasteiger partial charge in [-0.15, -0.1) is 0 Å². The van der Waals surface area contributed by atoms with Gasteiger partial charge in [0, 0.05) is 25.9 Å². The molecule has 20 heavy (non-hydrogen) atoms. The molecule has 0 aromatic carbocycles. The smallest absolute Gasteiger partial charge is 0.145 e. The SMILES string of the molecule is CCNC(Cc1c(Cl)c(C)nn1C)c1ncc(C)cn1. The highest BCUT2D eigenvalue weighted by Gasteiger charge is 2.19. The molecule has 0 fully saturated rings. The zero-order chi connectivity index (χ0) is 14.7. The van der Waals surface area contributed by atoms with Gasteiger partial charge in [0.2, 0.25) is 0 Å². The molecular formula is C14H20ClN5. The van der Waals surface area contributed by atoms with E-state index >= 15 is 0 Å². The maximum Gasteiger partial charge on any atom is 0.145 e. The Morgan fingerprint density at radius 3 is 2.45 bits per heavy atom. The van der Waals surface area contributed by atoms with Gasteiger partial charge in [-0.05, 0) is 26.0 Å². The van der Waals surface area contributed by atoms with Crippen molar-refractivity contribution < 1.29 is 0 Å². The van der Waals surface area contributed by atoms with E-state index in [0.29, 0.717) is 6.42 Å². The molecule has 0 radical (unpaired) electrons. The fourth-order valence-electron chi connectivity index (χ4n) is 2.18. The van der Waals surface area contributed by atoms with Gasteiger partial charge in [-0.2, -0.15) is 5.10 Å². The van der Waals surface area contributed by atoms with E-state index in [1.165, 1.54) is 0 Å². The summed E-state index contributed by atoms with van der Waals surface area (Å²) in [4.78, 5) is 8.83. The van der Waals surface area contributed by atoms with Gasteiger partial charge in [-0.1, -0.05) is 18.5 Å². The van der Waals surface area contributed by atoms with Crippen molar-refractivity contribution in [3.63, 3.8) is 0 Å². The summed E-state index contributed by atoms with van der Waals surface area (Å²) in [7, 11) is 1.91. The zero-order valence-electron chi connectivity index (χ0n) is 12.3. The molecule has 2 aromatic rings. The highest BCUT2D eigenvalue weighted by atomic mass is 35.5. The first-order chi connectivity index (χ1) is 9.52. The summed E-state index contributed by atoms with van der Waals surface area (Å²) in [5.41, 5.74) is 2.90. The molecule has 0 bridgehead atoms. The summed E-state index contributed by atoms with van der Waals surface area (Å²) in [6, 6.07) is 0.0351. The fraction of sp³-hybridized carbons (Fsp3) is 0.500. The van der Waals surface area contributed by atoms with Crippen LogP contribution in [0.1, 0.15) is 35.7 Å². The topological polar surface area (TPSA) is 55.6 Å². The molecule has 0 aliphatic rings. The van der Waals surface area contributed by atoms with Crippen molar-refractivity contribution in [3.8, 4) is 0 Å². The molecule has 0 saturated heterocycles. The van der Waals surface area contributed by atoms with E-state index < -0.39 is 0 Å². The van der Waals surface area contributed by atoms with E-state index in [-0.39, 0.29) is 6.04 Å². The van der Waals surface area contributed by atoms with Crippen LogP contribution in [-0.4, -0.2) is 26.3 Å². The second kappa shape index (κ2) is 6.33. The minimum Gasteiger partial charge on any atom is -0.307 e. The highest BCUT2D eigenvalue weighted by molar-refractivity contribution is 6.31. The second-order valence-electron chi connectivity index (χ2n) is 4.90. The van der Waals surface area contributed by atoms with Gasteiger partial charge in [0.1, 0.15) is 5.82 Å². The van der Waals surface area contributed by atoms with Gasteiger partial charge in [0.15, 0.2) is 0 Å². The van der Waals surface area contributed by atoms with E-state index in [1.54, 1.807) is 0 Å². The van der Waals surface area contributed by atoms with Crippen molar-refractivity contribution in [3.05, 3.63) is 40.2 Å². The van der Waals surface area contributed by atoms with Gasteiger partial charge in [-0.25, -0.2) is 9.97 Å². The van der Waals surface area contributed by atoms with Gasteiger partial charge in [-0.3, -0.25) is 4.68 Å². The molecule has 0 saturated carbocycles. The average molecular weight is 294 g/mol. The molecule has 1 unspecified atom stereocenters. The Hall–Kier alpha value is -1.46. The lowest BCUT2D eigenvalue weighted by atomic mass is 10.1. The third-order valence-corrected chi connectivity index (χ3v) is 3.71. The largest absolute Gasteiger partial charge is 0.307 e. The Bertz CT molecular complexity index is 576. The van der Waals surface area contributed by atoms with Gasteiger partial charge < -0.3 is 5.32 Å². The summed E-state index contributed by atoms with van der Waals surface area (Å²) in [6.45, 7) is 6.80. The Morgan fingerprint density at radius 1 is 1.30 bits per heavy atom. The quantitative estimate of drug-likeness (QED) is 0.919. The van der Waals surface area contributed by atoms with Gasteiger partial charge in [0.25, 0.3) is 0 Å². The first-order valence-electron chi connectivity index (χ1n) is 6.72. The molecule has 0 spiro atoms. The minimum atomic E-state index is 0.0351. The van der Waals surface area contributed by atoms with Crippen LogP contribution in [0.3, 0.4) is 0 Å². The predicted molar refractivity (Wildman–Crippen MR) is 79.8 cm³/mol. The van der Waals surface area contributed by atoms with Crippen molar-refractivity contribution in [2.24, 2.45) is 7.05 Å². The first-order valence-corrected chi connectivity index (χ1v) is 7.10. The number of nitrogens with zero attached hydrogens (tertiary/aromatic N) is 4. The van der Waals surface area contributed by atoms with Gasteiger partial charge >= 0.3 is 0 Å². The lowest BCUT2D eigenvalue weighted by Crippen LogP contribution is -2.26. The number of nitrogens with one attached hydrogen (secondary N) is 1. The van der Waals surface area contributed by atoms with Crippen molar-refractivity contribution in [1.82, 2.24) is 25.1 Å². The Labute approximate surface area is 124 Å². The van der Waals surface area contributed by atoms with Gasteiger partial charge in [0.05, 0.1) is 22.5 Å². The normalized spacial score (nSPS) is 12.7. The van der Waals surface area contributed by atoms with Crippen LogP contribution in [0.15, 0.2) is 12.4 Å². The summed E-state index contributed by atoms with van der Waals surface area (Å²) < 4.78 is 1.83. The summed E-state index contributed by atoms with van der Waals surface area (Å²) in [5, 5.41) is 8.48. The molecule has 1 atom stereocenters. The van der Waals surface area contributed by atoms with E-state index in [2.05, 4.69) is 27.3 Å². The Morgan fingerprint density at radius 2 is 1.95 bits per heavy atom. The number of aromatic nitrogens is 4. The number of rotatable bonds is 5. The molecule has 0 aliphatic carbocycles. The Kier molecular flexibility index (Phi) is 4.73. The lowest BCUT2D eigenvalue weighted by Gasteiger charge is -2.17. The van der Waals surface area contributed by atoms with Crippen LogP contribution in [-0.2, 0) is 13.5 Å². The van der Waals surface area contributed by atoms with Crippen molar-refractivity contribution in [1.29, 1.82) is 0 Å². The summed E-state index contributed by atoms with van der Waals surface area (Å²) in [5.74, 6) is 0.785. The molecule has 2 rings (SSSR count). The van der Waals surface area contributed by atoms with Crippen molar-refractivity contribution in [2.75, 3.05) is 6.54 Å². The molecule has 1 N–H and O–H groups in total. The van der Waals surface area contributed by atoms with E-state index in [1.807, 2.05) is 38.0 Å². The molecule has 108 valence electrons. The van der Waals surface area contributed by atoms with Crippen LogP contribution < -0.4 is 5.32 Å². The van der Waals surface area contributed by atoms with E-state index in [9.17, 15) is 0 Å². The maximum absolute atomic E-state index is 6.32.